The van der Waals surface area contributed by atoms with Crippen LogP contribution in [0.3, 0.4) is 0 Å². The van der Waals surface area contributed by atoms with Gasteiger partial charge in [-0.15, -0.1) is 0 Å². The summed E-state index contributed by atoms with van der Waals surface area (Å²) >= 11 is 6.51. The highest BCUT2D eigenvalue weighted by Crippen LogP contribution is 2.41. The molecule has 0 aliphatic carbocycles. The zero-order valence-electron chi connectivity index (χ0n) is 17.5. The van der Waals surface area contributed by atoms with E-state index in [4.69, 9.17) is 16.3 Å². The van der Waals surface area contributed by atoms with Gasteiger partial charge in [0, 0.05) is 35.1 Å². The van der Waals surface area contributed by atoms with Crippen molar-refractivity contribution in [1.82, 2.24) is 20.3 Å². The van der Waals surface area contributed by atoms with Crippen molar-refractivity contribution in [1.29, 1.82) is 0 Å². The van der Waals surface area contributed by atoms with Gasteiger partial charge in [0.05, 0.1) is 6.04 Å². The van der Waals surface area contributed by atoms with Crippen molar-refractivity contribution in [2.24, 2.45) is 0 Å². The van der Waals surface area contributed by atoms with Crippen LogP contribution >= 0.6 is 11.6 Å². The fourth-order valence-electron chi connectivity index (χ4n) is 4.99. The van der Waals surface area contributed by atoms with Crippen LogP contribution in [0, 0.1) is 5.82 Å². The van der Waals surface area contributed by atoms with Crippen LogP contribution in [0.15, 0.2) is 42.7 Å². The molecule has 0 unspecified atom stereocenters. The number of rotatable bonds is 2. The Labute approximate surface area is 189 Å². The van der Waals surface area contributed by atoms with E-state index in [1.54, 1.807) is 6.07 Å². The predicted molar refractivity (Wildman–Crippen MR) is 124 cm³/mol. The number of nitrogens with one attached hydrogen (secondary N) is 1. The molecule has 4 aromatic rings. The Balaban J connectivity index is 1.61. The van der Waals surface area contributed by atoms with Gasteiger partial charge in [-0.1, -0.05) is 48.9 Å². The lowest BCUT2D eigenvalue weighted by molar-refractivity contribution is 0.230. The summed E-state index contributed by atoms with van der Waals surface area (Å²) < 4.78 is 22.2. The van der Waals surface area contributed by atoms with E-state index in [0.717, 1.165) is 30.3 Å². The number of halogens is 2. The molecule has 1 fully saturated rings. The van der Waals surface area contributed by atoms with Crippen LogP contribution in [0.2, 0.25) is 5.02 Å². The zero-order chi connectivity index (χ0) is 21.8. The van der Waals surface area contributed by atoms with Crippen LogP contribution < -0.4 is 15.0 Å². The van der Waals surface area contributed by atoms with E-state index in [-0.39, 0.29) is 23.3 Å². The highest BCUT2D eigenvalue weighted by Gasteiger charge is 2.37. The average Bonchev–Trinajstić information content (AvgIpc) is 2.99. The maximum Gasteiger partial charge on any atom is 0.227 e. The van der Waals surface area contributed by atoms with Gasteiger partial charge in [0.2, 0.25) is 5.88 Å². The van der Waals surface area contributed by atoms with Crippen molar-refractivity contribution in [3.05, 3.63) is 53.6 Å². The van der Waals surface area contributed by atoms with Gasteiger partial charge in [-0.25, -0.2) is 19.3 Å². The molecule has 0 spiro atoms. The Morgan fingerprint density at radius 2 is 2.03 bits per heavy atom. The molecule has 162 valence electrons. The molecule has 6 nitrogen and oxygen atoms in total. The summed E-state index contributed by atoms with van der Waals surface area (Å²) in [7, 11) is 0. The van der Waals surface area contributed by atoms with Gasteiger partial charge < -0.3 is 15.0 Å². The van der Waals surface area contributed by atoms with Crippen LogP contribution in [0.4, 0.5) is 10.2 Å². The number of aromatic nitrogens is 3. The first-order valence-corrected chi connectivity index (χ1v) is 11.2. The van der Waals surface area contributed by atoms with Crippen LogP contribution in [-0.2, 0) is 0 Å². The molecule has 1 N–H and O–H groups in total. The third-order valence-electron chi connectivity index (χ3n) is 6.51. The molecule has 0 amide bonds. The molecular weight excluding hydrogens is 429 g/mol. The third-order valence-corrected chi connectivity index (χ3v) is 6.82. The van der Waals surface area contributed by atoms with Gasteiger partial charge in [0.1, 0.15) is 35.3 Å². The van der Waals surface area contributed by atoms with E-state index in [9.17, 15) is 0 Å². The first kappa shape index (κ1) is 19.6. The van der Waals surface area contributed by atoms with E-state index >= 15 is 4.39 Å². The zero-order valence-corrected chi connectivity index (χ0v) is 18.2. The summed E-state index contributed by atoms with van der Waals surface area (Å²) in [5.74, 6) is 0.547. The standard InChI is InChI=1S/C24H21ClFN5O/c1-2-16-17-11-32-24-19-22(28-12-29-23(19)31(17)10-9-27-16)20(26)21(30-24)14-7-3-5-13-6-4-8-15(25)18(13)14/h3-8,12,16-17,27H,2,9-11H2,1H3/t16-,17+/m0/s1. The van der Waals surface area contributed by atoms with Crippen molar-refractivity contribution >= 4 is 39.1 Å². The number of piperazine rings is 1. The largest absolute Gasteiger partial charge is 0.475 e. The van der Waals surface area contributed by atoms with E-state index in [1.165, 1.54) is 6.33 Å². The molecule has 6 rings (SSSR count). The summed E-state index contributed by atoms with van der Waals surface area (Å²) in [4.78, 5) is 15.7. The smallest absolute Gasteiger partial charge is 0.227 e. The molecule has 32 heavy (non-hydrogen) atoms. The number of nitrogens with zero attached hydrogens (tertiary/aromatic N) is 4. The van der Waals surface area contributed by atoms with Crippen LogP contribution in [0.5, 0.6) is 5.88 Å². The first-order valence-electron chi connectivity index (χ1n) is 10.8. The van der Waals surface area contributed by atoms with Crippen molar-refractivity contribution in [2.75, 3.05) is 24.6 Å². The second-order valence-corrected chi connectivity index (χ2v) is 8.59. The molecule has 0 saturated carbocycles. The summed E-state index contributed by atoms with van der Waals surface area (Å²) in [5, 5.41) is 6.30. The third kappa shape index (κ3) is 2.84. The number of anilines is 1. The van der Waals surface area contributed by atoms with E-state index in [2.05, 4.69) is 32.1 Å². The molecule has 0 bridgehead atoms. The number of ether oxygens (including phenoxy) is 1. The number of hydrogen-bond donors (Lipinski definition) is 1. The summed E-state index contributed by atoms with van der Waals surface area (Å²) in [6, 6.07) is 11.6. The number of hydrogen-bond acceptors (Lipinski definition) is 6. The highest BCUT2D eigenvalue weighted by molar-refractivity contribution is 6.36. The van der Waals surface area contributed by atoms with Gasteiger partial charge in [0.25, 0.3) is 0 Å². The monoisotopic (exact) mass is 449 g/mol. The van der Waals surface area contributed by atoms with Gasteiger partial charge in [-0.05, 0) is 17.9 Å². The van der Waals surface area contributed by atoms with Crippen molar-refractivity contribution < 1.29 is 9.13 Å². The van der Waals surface area contributed by atoms with Crippen molar-refractivity contribution in [3.8, 4) is 17.1 Å². The van der Waals surface area contributed by atoms with Crippen LogP contribution in [0.25, 0.3) is 32.9 Å². The fourth-order valence-corrected chi connectivity index (χ4v) is 5.27. The minimum Gasteiger partial charge on any atom is -0.475 e. The minimum atomic E-state index is -0.496. The highest BCUT2D eigenvalue weighted by atomic mass is 35.5. The van der Waals surface area contributed by atoms with E-state index < -0.39 is 5.82 Å². The van der Waals surface area contributed by atoms with Crippen LogP contribution in [-0.4, -0.2) is 46.7 Å². The Bertz CT molecular complexity index is 1360. The summed E-state index contributed by atoms with van der Waals surface area (Å²) in [6.45, 7) is 4.18. The Morgan fingerprint density at radius 3 is 2.88 bits per heavy atom. The SMILES string of the molecule is CC[C@@H]1NCCN2c3ncnc4c(F)c(-c5cccc6cccc(Cl)c56)nc(c34)OC[C@H]12. The number of pyridine rings is 1. The summed E-state index contributed by atoms with van der Waals surface area (Å²) in [5.41, 5.74) is 1.01. The Hall–Kier alpha value is -3.03. The van der Waals surface area contributed by atoms with E-state index in [0.29, 0.717) is 34.3 Å². The van der Waals surface area contributed by atoms with Gasteiger partial charge in [-0.2, -0.15) is 0 Å². The predicted octanol–water partition coefficient (Wildman–Crippen LogP) is 4.59. The van der Waals surface area contributed by atoms with Crippen LogP contribution in [0.1, 0.15) is 13.3 Å². The maximum atomic E-state index is 16.0. The van der Waals surface area contributed by atoms with Crippen molar-refractivity contribution in [2.45, 2.75) is 25.4 Å². The molecule has 8 heteroatoms. The first-order chi connectivity index (χ1) is 15.7. The van der Waals surface area contributed by atoms with E-state index in [1.807, 2.05) is 30.3 Å². The topological polar surface area (TPSA) is 63.2 Å². The lowest BCUT2D eigenvalue weighted by atomic mass is 10.0. The maximum absolute atomic E-state index is 16.0. The molecule has 2 aromatic carbocycles. The molecule has 4 heterocycles. The Kier molecular flexibility index (Phi) is 4.62. The van der Waals surface area contributed by atoms with Gasteiger partial charge in [-0.3, -0.25) is 0 Å². The molecule has 2 atom stereocenters. The summed E-state index contributed by atoms with van der Waals surface area (Å²) in [6.07, 6.45) is 2.38. The average molecular weight is 450 g/mol. The lowest BCUT2D eigenvalue weighted by Crippen LogP contribution is -2.60. The molecule has 2 aliphatic heterocycles. The molecule has 1 saturated heterocycles. The lowest BCUT2D eigenvalue weighted by Gasteiger charge is -2.41. The number of benzene rings is 2. The molecule has 2 aliphatic rings. The number of fused-ring (bicyclic) bond motifs is 3. The Morgan fingerprint density at radius 1 is 1.19 bits per heavy atom. The fraction of sp³-hybridized carbons (Fsp3) is 0.292. The normalized spacial score (nSPS) is 20.2. The molecule has 2 aromatic heterocycles. The quantitative estimate of drug-likeness (QED) is 0.483. The minimum absolute atomic E-state index is 0.0829. The molecule has 0 radical (unpaired) electrons. The van der Waals surface area contributed by atoms with Gasteiger partial charge >= 0.3 is 0 Å². The second kappa shape index (κ2) is 7.53. The van der Waals surface area contributed by atoms with Crippen molar-refractivity contribution in [3.63, 3.8) is 0 Å². The second-order valence-electron chi connectivity index (χ2n) is 8.18. The molecular formula is C24H21ClFN5O. The van der Waals surface area contributed by atoms with Gasteiger partial charge in [0.15, 0.2) is 5.82 Å².